The highest BCUT2D eigenvalue weighted by Crippen LogP contribution is 2.48. The summed E-state index contributed by atoms with van der Waals surface area (Å²) in [4.78, 5) is 14.5. The standard InChI is InChI=1S/C37H44ClF2N5O3/c1-2-26-30(39)8-3-20-11-23(46)12-27(31(20)26)32-29(38)13-28-34(33(32)40)42-36(43-35(28)45-14-21-4-5-22(15-45)41-21)47-19-37(9-10-37)18-44-16-24-6-7-25(17-44)48-24/h3,8,13,21-25,27,41,46H,2,4-7,9-12,14-19H2,1H3/t21?,22?,23-,24?,25?,27-/m1/s1. The summed E-state index contributed by atoms with van der Waals surface area (Å²) >= 11 is 7.01. The maximum atomic E-state index is 17.2. The molecule has 1 aromatic heterocycles. The van der Waals surface area contributed by atoms with E-state index in [0.29, 0.717) is 60.5 Å². The zero-order valence-corrected chi connectivity index (χ0v) is 28.2. The van der Waals surface area contributed by atoms with Crippen LogP contribution in [0, 0.1) is 17.0 Å². The molecule has 4 unspecified atom stereocenters. The van der Waals surface area contributed by atoms with Crippen LogP contribution in [0.3, 0.4) is 0 Å². The van der Waals surface area contributed by atoms with Crippen LogP contribution in [0.5, 0.6) is 6.01 Å². The Bertz CT molecular complexity index is 1730. The zero-order valence-electron chi connectivity index (χ0n) is 27.5. The van der Waals surface area contributed by atoms with Gasteiger partial charge in [0.2, 0.25) is 0 Å². The van der Waals surface area contributed by atoms with Crippen molar-refractivity contribution in [2.75, 3.05) is 44.2 Å². The number of aliphatic hydroxyl groups excluding tert-OH is 1. The fourth-order valence-corrected chi connectivity index (χ4v) is 9.79. The van der Waals surface area contributed by atoms with E-state index in [0.717, 1.165) is 82.4 Å². The number of fused-ring (bicyclic) bond motifs is 6. The SMILES string of the molecule is CCc1c(F)ccc2c1[C@H](c1c(Cl)cc3c(N4CC5CCC(C4)N5)nc(OCC4(CN5CC6CCC(C5)O6)CC4)nc3c1F)C[C@H](O)C2. The Morgan fingerprint density at radius 2 is 1.79 bits per heavy atom. The number of hydrogen-bond acceptors (Lipinski definition) is 8. The van der Waals surface area contributed by atoms with Gasteiger partial charge in [0.05, 0.1) is 24.9 Å². The van der Waals surface area contributed by atoms with Gasteiger partial charge in [-0.15, -0.1) is 0 Å². The summed E-state index contributed by atoms with van der Waals surface area (Å²) in [5, 5.41) is 15.4. The molecule has 6 atom stereocenters. The molecule has 5 heterocycles. The molecule has 0 spiro atoms. The minimum Gasteiger partial charge on any atom is -0.463 e. The largest absolute Gasteiger partial charge is 0.463 e. The Kier molecular flexibility index (Phi) is 7.84. The van der Waals surface area contributed by atoms with E-state index in [1.807, 2.05) is 6.92 Å². The third-order valence-corrected chi connectivity index (χ3v) is 12.3. The molecule has 2 aromatic carbocycles. The van der Waals surface area contributed by atoms with E-state index < -0.39 is 17.8 Å². The number of morpholine rings is 1. The molecule has 0 radical (unpaired) electrons. The van der Waals surface area contributed by atoms with Crippen molar-refractivity contribution in [1.82, 2.24) is 20.2 Å². The lowest BCUT2D eigenvalue weighted by molar-refractivity contribution is -0.0460. The monoisotopic (exact) mass is 679 g/mol. The fourth-order valence-electron chi connectivity index (χ4n) is 9.46. The molecule has 4 bridgehead atoms. The van der Waals surface area contributed by atoms with Crippen LogP contribution in [0.15, 0.2) is 18.2 Å². The summed E-state index contributed by atoms with van der Waals surface area (Å²) in [6, 6.07) is 5.81. The number of rotatable bonds is 8. The molecule has 6 aliphatic rings. The molecule has 48 heavy (non-hydrogen) atoms. The second-order valence-electron chi connectivity index (χ2n) is 15.4. The van der Waals surface area contributed by atoms with Crippen molar-refractivity contribution in [2.45, 2.75) is 101 Å². The van der Waals surface area contributed by atoms with E-state index in [2.05, 4.69) is 15.1 Å². The van der Waals surface area contributed by atoms with Gasteiger partial charge in [-0.1, -0.05) is 24.6 Å². The van der Waals surface area contributed by atoms with E-state index >= 15 is 8.78 Å². The fraction of sp³-hybridized carbons (Fsp3) is 0.622. The average molecular weight is 680 g/mol. The maximum Gasteiger partial charge on any atom is 0.319 e. The molecule has 3 aromatic rings. The lowest BCUT2D eigenvalue weighted by atomic mass is 9.74. The molecule has 11 heteroatoms. The van der Waals surface area contributed by atoms with Crippen LogP contribution >= 0.6 is 11.6 Å². The number of piperazine rings is 1. The van der Waals surface area contributed by atoms with Gasteiger partial charge in [-0.3, -0.25) is 4.90 Å². The van der Waals surface area contributed by atoms with Crippen LogP contribution in [0.4, 0.5) is 14.6 Å². The molecule has 256 valence electrons. The first-order chi connectivity index (χ1) is 23.3. The van der Waals surface area contributed by atoms with Crippen LogP contribution < -0.4 is 15.0 Å². The third-order valence-electron chi connectivity index (χ3n) is 11.9. The molecular weight excluding hydrogens is 636 g/mol. The Labute approximate surface area is 285 Å². The normalized spacial score (nSPS) is 30.6. The van der Waals surface area contributed by atoms with Gasteiger partial charge in [-0.05, 0) is 86.6 Å². The molecule has 5 fully saturated rings. The Morgan fingerprint density at radius 1 is 1.04 bits per heavy atom. The van der Waals surface area contributed by atoms with E-state index in [-0.39, 0.29) is 39.8 Å². The Morgan fingerprint density at radius 3 is 2.50 bits per heavy atom. The number of hydrogen-bond donors (Lipinski definition) is 2. The second-order valence-corrected chi connectivity index (χ2v) is 15.8. The summed E-state index contributed by atoms with van der Waals surface area (Å²) in [6.07, 6.45) is 7.72. The van der Waals surface area contributed by atoms with Gasteiger partial charge in [0.15, 0.2) is 5.82 Å². The minimum absolute atomic E-state index is 0.0374. The summed E-state index contributed by atoms with van der Waals surface area (Å²) in [5.41, 5.74) is 2.56. The highest BCUT2D eigenvalue weighted by Gasteiger charge is 2.47. The zero-order chi connectivity index (χ0) is 32.7. The predicted octanol–water partition coefficient (Wildman–Crippen LogP) is 5.53. The number of aromatic nitrogens is 2. The minimum atomic E-state index is -0.698. The quantitative estimate of drug-likeness (QED) is 0.322. The van der Waals surface area contributed by atoms with Gasteiger partial charge in [0.25, 0.3) is 0 Å². The smallest absolute Gasteiger partial charge is 0.319 e. The van der Waals surface area contributed by atoms with Crippen LogP contribution in [0.25, 0.3) is 10.9 Å². The maximum absolute atomic E-state index is 17.2. The van der Waals surface area contributed by atoms with Crippen LogP contribution in [0.2, 0.25) is 5.02 Å². The molecule has 2 aliphatic carbocycles. The Hall–Kier alpha value is -2.63. The van der Waals surface area contributed by atoms with Crippen LogP contribution in [0.1, 0.15) is 80.0 Å². The number of nitrogens with one attached hydrogen (secondary N) is 1. The second kappa shape index (κ2) is 12.0. The van der Waals surface area contributed by atoms with Crippen molar-refractivity contribution in [3.63, 3.8) is 0 Å². The summed E-state index contributed by atoms with van der Waals surface area (Å²) in [5.74, 6) is -0.838. The first kappa shape index (κ1) is 31.4. The van der Waals surface area contributed by atoms with Crippen molar-refractivity contribution < 1.29 is 23.4 Å². The molecular formula is C37H44ClF2N5O3. The van der Waals surface area contributed by atoms with Gasteiger partial charge < -0.3 is 24.8 Å². The van der Waals surface area contributed by atoms with Gasteiger partial charge in [-0.25, -0.2) is 8.78 Å². The van der Waals surface area contributed by atoms with Crippen LogP contribution in [-0.4, -0.2) is 89.7 Å². The van der Waals surface area contributed by atoms with E-state index in [9.17, 15) is 5.11 Å². The highest BCUT2D eigenvalue weighted by atomic mass is 35.5. The van der Waals surface area contributed by atoms with Crippen molar-refractivity contribution in [3.8, 4) is 6.01 Å². The Balaban J connectivity index is 1.10. The molecule has 2 N–H and O–H groups in total. The lowest BCUT2D eigenvalue weighted by Crippen LogP contribution is -2.51. The number of halogens is 3. The summed E-state index contributed by atoms with van der Waals surface area (Å²) in [6.45, 7) is 6.79. The summed E-state index contributed by atoms with van der Waals surface area (Å²) in [7, 11) is 0. The van der Waals surface area contributed by atoms with Crippen molar-refractivity contribution >= 4 is 28.3 Å². The summed E-state index contributed by atoms with van der Waals surface area (Å²) < 4.78 is 44.8. The van der Waals surface area contributed by atoms with Gasteiger partial charge in [-0.2, -0.15) is 9.97 Å². The van der Waals surface area contributed by atoms with Crippen molar-refractivity contribution in [1.29, 1.82) is 0 Å². The molecule has 1 saturated carbocycles. The lowest BCUT2D eigenvalue weighted by Gasteiger charge is -2.35. The number of likely N-dealkylation sites (tertiary alicyclic amines) is 1. The van der Waals surface area contributed by atoms with Gasteiger partial charge in [0.1, 0.15) is 17.2 Å². The van der Waals surface area contributed by atoms with E-state index in [1.165, 1.54) is 6.07 Å². The van der Waals surface area contributed by atoms with Crippen LogP contribution in [-0.2, 0) is 17.6 Å². The van der Waals surface area contributed by atoms with Crippen molar-refractivity contribution in [2.24, 2.45) is 5.41 Å². The number of benzene rings is 2. The predicted molar refractivity (Wildman–Crippen MR) is 180 cm³/mol. The molecule has 9 rings (SSSR count). The van der Waals surface area contributed by atoms with E-state index in [4.69, 9.17) is 31.0 Å². The third kappa shape index (κ3) is 5.56. The number of ether oxygens (including phenoxy) is 2. The van der Waals surface area contributed by atoms with Gasteiger partial charge in [0, 0.05) is 72.1 Å². The topological polar surface area (TPSA) is 83.0 Å². The molecule has 0 amide bonds. The van der Waals surface area contributed by atoms with Gasteiger partial charge >= 0.3 is 6.01 Å². The van der Waals surface area contributed by atoms with E-state index in [1.54, 1.807) is 12.1 Å². The number of aliphatic hydroxyl groups is 1. The average Bonchev–Trinajstić information content (AvgIpc) is 3.63. The first-order valence-electron chi connectivity index (χ1n) is 18.0. The number of nitrogens with zero attached hydrogens (tertiary/aromatic N) is 4. The molecule has 8 nitrogen and oxygen atoms in total. The molecule has 4 saturated heterocycles. The first-order valence-corrected chi connectivity index (χ1v) is 18.3. The number of anilines is 1. The van der Waals surface area contributed by atoms with Crippen molar-refractivity contribution in [3.05, 3.63) is 57.1 Å². The molecule has 4 aliphatic heterocycles. The highest BCUT2D eigenvalue weighted by molar-refractivity contribution is 6.32.